The second-order valence-electron chi connectivity index (χ2n) is 6.74. The van der Waals surface area contributed by atoms with Gasteiger partial charge in [-0.3, -0.25) is 29.0 Å². The predicted molar refractivity (Wildman–Crippen MR) is 119 cm³/mol. The number of nitrogens with zero attached hydrogens (tertiary/aromatic N) is 1. The summed E-state index contributed by atoms with van der Waals surface area (Å²) in [5.41, 5.74) is 21.2. The standard InChI is InChI=1S/C17H32N8O6S/c1-32-6-4-11(15(30)23-8-13(27)28)25-16(31)10(3-2-5-22-17(20)21)24-14(29)9(18)7-12(19)26/h9-11H,2-8,18H2,1H3,(H2,19,26)(H,23,30)(H,24,29)(H,25,31)(H,27,28)(H4,20,21,22). The number of aliphatic carboxylic acids is 1. The molecule has 12 N–H and O–H groups in total. The van der Waals surface area contributed by atoms with E-state index in [2.05, 4.69) is 20.9 Å². The molecule has 3 unspecified atom stereocenters. The van der Waals surface area contributed by atoms with Crippen LogP contribution in [-0.2, 0) is 24.0 Å². The number of carboxylic acid groups (broad SMARTS) is 1. The molecule has 14 nitrogen and oxygen atoms in total. The zero-order chi connectivity index (χ0) is 24.7. The van der Waals surface area contributed by atoms with Gasteiger partial charge >= 0.3 is 5.97 Å². The lowest BCUT2D eigenvalue weighted by atomic mass is 10.1. The molecule has 0 aliphatic carbocycles. The smallest absolute Gasteiger partial charge is 0.322 e. The molecule has 0 rings (SSSR count). The van der Waals surface area contributed by atoms with Gasteiger partial charge < -0.3 is 44.0 Å². The lowest BCUT2D eigenvalue weighted by Crippen LogP contribution is -2.56. The molecule has 0 aromatic heterocycles. The number of hydrogen-bond donors (Lipinski definition) is 8. The minimum atomic E-state index is -1.26. The largest absolute Gasteiger partial charge is 0.480 e. The van der Waals surface area contributed by atoms with Crippen LogP contribution in [0.2, 0.25) is 0 Å². The first-order chi connectivity index (χ1) is 15.0. The van der Waals surface area contributed by atoms with Crippen LogP contribution in [0.4, 0.5) is 0 Å². The number of aliphatic imine (C=N–C) groups is 1. The summed E-state index contributed by atoms with van der Waals surface area (Å²) in [6, 6.07) is -3.39. The number of carboxylic acids is 1. The zero-order valence-electron chi connectivity index (χ0n) is 17.8. The molecule has 0 fully saturated rings. The normalized spacial score (nSPS) is 13.2. The van der Waals surface area contributed by atoms with Gasteiger partial charge in [0.15, 0.2) is 5.96 Å². The summed E-state index contributed by atoms with van der Waals surface area (Å²) in [5.74, 6) is -3.78. The minimum Gasteiger partial charge on any atom is -0.480 e. The highest BCUT2D eigenvalue weighted by Gasteiger charge is 2.28. The van der Waals surface area contributed by atoms with Crippen molar-refractivity contribution in [2.45, 2.75) is 43.8 Å². The molecule has 0 radical (unpaired) electrons. The fraction of sp³-hybridized carbons (Fsp3) is 0.647. The molecule has 182 valence electrons. The molecule has 0 aliphatic heterocycles. The SMILES string of the molecule is CSCCC(NC(=O)C(CCCN=C(N)N)NC(=O)C(N)CC(N)=O)C(=O)NCC(=O)O. The molecule has 0 spiro atoms. The third kappa shape index (κ3) is 13.3. The summed E-state index contributed by atoms with van der Waals surface area (Å²) in [6.45, 7) is -0.421. The second-order valence-corrected chi connectivity index (χ2v) is 7.73. The van der Waals surface area contributed by atoms with Crippen molar-refractivity contribution in [3.05, 3.63) is 0 Å². The van der Waals surface area contributed by atoms with Gasteiger partial charge in [0.05, 0.1) is 12.5 Å². The summed E-state index contributed by atoms with van der Waals surface area (Å²) < 4.78 is 0. The van der Waals surface area contributed by atoms with Crippen LogP contribution in [0.3, 0.4) is 0 Å². The van der Waals surface area contributed by atoms with Gasteiger partial charge in [0.2, 0.25) is 23.6 Å². The molecule has 0 heterocycles. The van der Waals surface area contributed by atoms with E-state index in [0.717, 1.165) is 0 Å². The monoisotopic (exact) mass is 476 g/mol. The van der Waals surface area contributed by atoms with Gasteiger partial charge in [-0.2, -0.15) is 11.8 Å². The zero-order valence-corrected chi connectivity index (χ0v) is 18.7. The predicted octanol–water partition coefficient (Wildman–Crippen LogP) is -3.83. The number of primary amides is 1. The van der Waals surface area contributed by atoms with Gasteiger partial charge in [0.25, 0.3) is 0 Å². The molecule has 0 saturated carbocycles. The van der Waals surface area contributed by atoms with Crippen LogP contribution in [0.5, 0.6) is 0 Å². The molecule has 4 amide bonds. The summed E-state index contributed by atoms with van der Waals surface area (Å²) in [7, 11) is 0. The van der Waals surface area contributed by atoms with Crippen molar-refractivity contribution >= 4 is 47.3 Å². The third-order valence-corrected chi connectivity index (χ3v) is 4.64. The van der Waals surface area contributed by atoms with Crippen LogP contribution in [0.15, 0.2) is 4.99 Å². The quantitative estimate of drug-likeness (QED) is 0.0611. The van der Waals surface area contributed by atoms with Crippen molar-refractivity contribution in [3.8, 4) is 0 Å². The highest BCUT2D eigenvalue weighted by atomic mass is 32.2. The second kappa shape index (κ2) is 15.7. The number of carbonyl (C=O) groups excluding carboxylic acids is 4. The van der Waals surface area contributed by atoms with Crippen LogP contribution in [0, 0.1) is 0 Å². The van der Waals surface area contributed by atoms with E-state index in [0.29, 0.717) is 12.2 Å². The van der Waals surface area contributed by atoms with Gasteiger partial charge in [-0.15, -0.1) is 0 Å². The Kier molecular flexibility index (Phi) is 14.2. The van der Waals surface area contributed by atoms with E-state index in [4.69, 9.17) is 28.0 Å². The van der Waals surface area contributed by atoms with Crippen molar-refractivity contribution < 1.29 is 29.1 Å². The summed E-state index contributed by atoms with van der Waals surface area (Å²) in [4.78, 5) is 62.9. The maximum Gasteiger partial charge on any atom is 0.322 e. The molecule has 0 bridgehead atoms. The average Bonchev–Trinajstić information content (AvgIpc) is 2.70. The molecule has 0 aliphatic rings. The maximum atomic E-state index is 12.8. The van der Waals surface area contributed by atoms with Crippen LogP contribution in [-0.4, -0.2) is 83.9 Å². The molecule has 0 saturated heterocycles. The Bertz CT molecular complexity index is 701. The van der Waals surface area contributed by atoms with Gasteiger partial charge in [0, 0.05) is 6.54 Å². The van der Waals surface area contributed by atoms with E-state index in [1.807, 2.05) is 0 Å². The van der Waals surface area contributed by atoms with Gasteiger partial charge in [-0.25, -0.2) is 0 Å². The van der Waals surface area contributed by atoms with Crippen molar-refractivity contribution in [2.24, 2.45) is 27.9 Å². The van der Waals surface area contributed by atoms with Crippen LogP contribution >= 0.6 is 11.8 Å². The Hall–Kier alpha value is -3.07. The molecular formula is C17H32N8O6S. The number of hydrogen-bond acceptors (Lipinski definition) is 8. The molecule has 0 aromatic carbocycles. The topological polar surface area (TPSA) is 258 Å². The number of guanidine groups is 1. The Balaban J connectivity index is 5.32. The van der Waals surface area contributed by atoms with E-state index >= 15 is 0 Å². The average molecular weight is 477 g/mol. The first-order valence-electron chi connectivity index (χ1n) is 9.66. The molecule has 3 atom stereocenters. The number of amides is 4. The third-order valence-electron chi connectivity index (χ3n) is 3.99. The highest BCUT2D eigenvalue weighted by molar-refractivity contribution is 7.98. The van der Waals surface area contributed by atoms with Gasteiger partial charge in [0.1, 0.15) is 18.6 Å². The summed E-state index contributed by atoms with van der Waals surface area (Å²) in [6.07, 6.45) is 2.03. The Morgan fingerprint density at radius 2 is 1.56 bits per heavy atom. The van der Waals surface area contributed by atoms with Crippen LogP contribution < -0.4 is 38.9 Å². The first-order valence-corrected chi connectivity index (χ1v) is 11.1. The number of nitrogens with two attached hydrogens (primary N) is 4. The minimum absolute atomic E-state index is 0.101. The van der Waals surface area contributed by atoms with Crippen molar-refractivity contribution in [3.63, 3.8) is 0 Å². The summed E-state index contributed by atoms with van der Waals surface area (Å²) in [5, 5.41) is 15.9. The van der Waals surface area contributed by atoms with Crippen molar-refractivity contribution in [2.75, 3.05) is 25.1 Å². The number of nitrogens with one attached hydrogen (secondary N) is 3. The van der Waals surface area contributed by atoms with E-state index < -0.39 is 60.7 Å². The maximum absolute atomic E-state index is 12.8. The Labute approximate surface area is 189 Å². The van der Waals surface area contributed by atoms with Crippen LogP contribution in [0.1, 0.15) is 25.7 Å². The van der Waals surface area contributed by atoms with Crippen molar-refractivity contribution in [1.82, 2.24) is 16.0 Å². The van der Waals surface area contributed by atoms with Crippen molar-refractivity contribution in [1.29, 1.82) is 0 Å². The van der Waals surface area contributed by atoms with E-state index in [9.17, 15) is 24.0 Å². The number of rotatable bonds is 16. The Morgan fingerprint density at radius 1 is 0.969 bits per heavy atom. The van der Waals surface area contributed by atoms with Gasteiger partial charge in [-0.05, 0) is 31.3 Å². The number of thioether (sulfide) groups is 1. The Morgan fingerprint density at radius 3 is 2.09 bits per heavy atom. The molecule has 15 heteroatoms. The lowest BCUT2D eigenvalue weighted by molar-refractivity contribution is -0.138. The number of carbonyl (C=O) groups is 5. The fourth-order valence-electron chi connectivity index (χ4n) is 2.42. The van der Waals surface area contributed by atoms with E-state index in [1.54, 1.807) is 6.26 Å². The highest BCUT2D eigenvalue weighted by Crippen LogP contribution is 2.05. The van der Waals surface area contributed by atoms with Gasteiger partial charge in [-0.1, -0.05) is 0 Å². The summed E-state index contributed by atoms with van der Waals surface area (Å²) >= 11 is 1.43. The fourth-order valence-corrected chi connectivity index (χ4v) is 2.89. The first kappa shape index (κ1) is 28.9. The molecule has 0 aromatic rings. The van der Waals surface area contributed by atoms with E-state index in [1.165, 1.54) is 11.8 Å². The molecule has 32 heavy (non-hydrogen) atoms. The lowest BCUT2D eigenvalue weighted by Gasteiger charge is -2.24. The van der Waals surface area contributed by atoms with Crippen LogP contribution in [0.25, 0.3) is 0 Å². The molecular weight excluding hydrogens is 444 g/mol. The van der Waals surface area contributed by atoms with E-state index in [-0.39, 0.29) is 25.3 Å².